The van der Waals surface area contributed by atoms with Crippen LogP contribution in [0.4, 0.5) is 0 Å². The number of carboxylic acid groups (broad SMARTS) is 1. The monoisotopic (exact) mass is 312 g/mol. The molecule has 0 spiro atoms. The minimum absolute atomic E-state index is 0.0160. The predicted octanol–water partition coefficient (Wildman–Crippen LogP) is 3.40. The van der Waals surface area contributed by atoms with Gasteiger partial charge in [-0.3, -0.25) is 4.79 Å². The summed E-state index contributed by atoms with van der Waals surface area (Å²) >= 11 is 0. The molecule has 1 heterocycles. The van der Waals surface area contributed by atoms with Gasteiger partial charge >= 0.3 is 11.9 Å². The van der Waals surface area contributed by atoms with Gasteiger partial charge in [-0.15, -0.1) is 0 Å². The summed E-state index contributed by atoms with van der Waals surface area (Å²) in [5.41, 5.74) is 1.16. The second kappa shape index (κ2) is 7.79. The van der Waals surface area contributed by atoms with Crippen molar-refractivity contribution in [1.82, 2.24) is 0 Å². The molecule has 118 valence electrons. The molecule has 0 atom stereocenters. The van der Waals surface area contributed by atoms with Gasteiger partial charge in [0, 0.05) is 12.5 Å². The first kappa shape index (κ1) is 16.3. The van der Waals surface area contributed by atoms with Crippen LogP contribution in [0.1, 0.15) is 22.8 Å². The average molecular weight is 312 g/mol. The van der Waals surface area contributed by atoms with Crippen LogP contribution in [0.25, 0.3) is 6.08 Å². The number of hydrogen-bond donors (Lipinski definition) is 1. The second-order valence-electron chi connectivity index (χ2n) is 4.65. The summed E-state index contributed by atoms with van der Waals surface area (Å²) in [6.07, 6.45) is 4.10. The highest BCUT2D eigenvalue weighted by Gasteiger charge is 2.11. The summed E-state index contributed by atoms with van der Waals surface area (Å²) in [5.74, 6) is -0.585. The molecule has 0 unspecified atom stereocenters. The topological polar surface area (TPSA) is 72.8 Å². The molecule has 5 heteroatoms. The number of fused-ring (bicyclic) bond motifs is 1. The summed E-state index contributed by atoms with van der Waals surface area (Å²) in [7, 11) is 0. The number of para-hydroxylation sites is 2. The predicted molar refractivity (Wildman–Crippen MR) is 85.7 cm³/mol. The Balaban J connectivity index is 0.000000172. The van der Waals surface area contributed by atoms with Crippen molar-refractivity contribution < 1.29 is 24.2 Å². The van der Waals surface area contributed by atoms with Crippen molar-refractivity contribution >= 4 is 18.0 Å². The van der Waals surface area contributed by atoms with Crippen LogP contribution < -0.4 is 9.47 Å². The molecule has 0 amide bonds. The van der Waals surface area contributed by atoms with Crippen molar-refractivity contribution in [2.45, 2.75) is 6.92 Å². The number of ether oxygens (including phenoxy) is 2. The summed E-state index contributed by atoms with van der Waals surface area (Å²) in [6.45, 7) is 1.93. The van der Waals surface area contributed by atoms with Crippen LogP contribution in [0.3, 0.4) is 0 Å². The third-order valence-electron chi connectivity index (χ3n) is 2.92. The van der Waals surface area contributed by atoms with Gasteiger partial charge in [0.05, 0.1) is 0 Å². The van der Waals surface area contributed by atoms with E-state index >= 15 is 0 Å². The molecule has 0 saturated heterocycles. The van der Waals surface area contributed by atoms with Gasteiger partial charge in [-0.25, -0.2) is 4.79 Å². The number of carboxylic acids is 1. The lowest BCUT2D eigenvalue weighted by Crippen LogP contribution is -2.06. The molecule has 23 heavy (non-hydrogen) atoms. The minimum atomic E-state index is -1.11. The van der Waals surface area contributed by atoms with E-state index in [1.54, 1.807) is 12.1 Å². The number of benzene rings is 2. The molecule has 1 N–H and O–H groups in total. The van der Waals surface area contributed by atoms with E-state index in [4.69, 9.17) is 9.84 Å². The third-order valence-corrected chi connectivity index (χ3v) is 2.92. The maximum atomic E-state index is 10.6. The first-order valence-electron chi connectivity index (χ1n) is 6.97. The summed E-state index contributed by atoms with van der Waals surface area (Å²) in [4.78, 5) is 21.2. The Morgan fingerprint density at radius 1 is 1.09 bits per heavy atom. The maximum absolute atomic E-state index is 10.6. The lowest BCUT2D eigenvalue weighted by molar-refractivity contribution is -0.131. The zero-order chi connectivity index (χ0) is 16.7. The quantitative estimate of drug-likeness (QED) is 0.679. The molecule has 1 aliphatic heterocycles. The first-order chi connectivity index (χ1) is 11.1. The fraction of sp³-hybridized carbons (Fsp3) is 0.111. The summed E-state index contributed by atoms with van der Waals surface area (Å²) in [6, 6.07) is 14.0. The Labute approximate surface area is 133 Å². The molecule has 3 rings (SSSR count). The van der Waals surface area contributed by atoms with Gasteiger partial charge in [0.2, 0.25) is 0 Å². The van der Waals surface area contributed by atoms with Crippen LogP contribution in [0.5, 0.6) is 11.5 Å². The Kier molecular flexibility index (Phi) is 5.52. The van der Waals surface area contributed by atoms with E-state index in [1.807, 2.05) is 30.3 Å². The molecule has 0 radical (unpaired) electrons. The smallest absolute Gasteiger partial charge is 0.339 e. The first-order valence-corrected chi connectivity index (χ1v) is 6.97. The van der Waals surface area contributed by atoms with E-state index in [9.17, 15) is 9.59 Å². The molecule has 2 aromatic carbocycles. The molecule has 2 aromatic rings. The van der Waals surface area contributed by atoms with Crippen LogP contribution in [-0.4, -0.2) is 23.7 Å². The van der Waals surface area contributed by atoms with Crippen LogP contribution in [0.15, 0.2) is 54.6 Å². The van der Waals surface area contributed by atoms with Crippen LogP contribution in [0, 0.1) is 0 Å². The number of carbonyl (C=O) groups is 2. The van der Waals surface area contributed by atoms with E-state index in [0.29, 0.717) is 6.61 Å². The number of carbonyl (C=O) groups excluding carboxylic acids is 1. The maximum Gasteiger partial charge on any atom is 0.339 e. The Morgan fingerprint density at radius 3 is 2.48 bits per heavy atom. The molecular weight excluding hydrogens is 296 g/mol. The summed E-state index contributed by atoms with van der Waals surface area (Å²) < 4.78 is 10.0. The number of esters is 1. The third kappa shape index (κ3) is 4.71. The van der Waals surface area contributed by atoms with E-state index in [0.717, 1.165) is 5.75 Å². The van der Waals surface area contributed by atoms with E-state index < -0.39 is 11.9 Å². The van der Waals surface area contributed by atoms with Crippen molar-refractivity contribution in [3.63, 3.8) is 0 Å². The fourth-order valence-corrected chi connectivity index (χ4v) is 1.95. The van der Waals surface area contributed by atoms with Gasteiger partial charge in [-0.1, -0.05) is 36.4 Å². The molecule has 1 aliphatic rings. The van der Waals surface area contributed by atoms with Gasteiger partial charge in [-0.05, 0) is 24.3 Å². The lowest BCUT2D eigenvalue weighted by atomic mass is 10.1. The molecular formula is C18H16O5. The summed E-state index contributed by atoms with van der Waals surface area (Å²) in [5, 5.41) is 8.69. The van der Waals surface area contributed by atoms with Crippen molar-refractivity contribution in [2.75, 3.05) is 6.61 Å². The zero-order valence-electron chi connectivity index (χ0n) is 12.6. The zero-order valence-corrected chi connectivity index (χ0v) is 12.6. The standard InChI is InChI=1S/C9H8O4.C9H8O/c1-6(10)13-8-5-3-2-4-7(8)9(11)12;1-2-6-9-8(4-1)5-3-7-10-9/h2-5H,1H3,(H,11,12);1-6H,7H2. The molecule has 0 bridgehead atoms. The van der Waals surface area contributed by atoms with Crippen LogP contribution in [0.2, 0.25) is 0 Å². The van der Waals surface area contributed by atoms with E-state index in [1.165, 1.54) is 24.6 Å². The van der Waals surface area contributed by atoms with Gasteiger partial charge in [0.1, 0.15) is 23.7 Å². The number of hydrogen-bond acceptors (Lipinski definition) is 4. The molecule has 0 aromatic heterocycles. The van der Waals surface area contributed by atoms with Gasteiger partial charge in [0.25, 0.3) is 0 Å². The van der Waals surface area contributed by atoms with E-state index in [-0.39, 0.29) is 11.3 Å². The average Bonchev–Trinajstić information content (AvgIpc) is 2.55. The Hall–Kier alpha value is -3.08. The Morgan fingerprint density at radius 2 is 1.78 bits per heavy atom. The van der Waals surface area contributed by atoms with Crippen molar-refractivity contribution in [3.8, 4) is 11.5 Å². The largest absolute Gasteiger partial charge is 0.489 e. The van der Waals surface area contributed by atoms with Crippen molar-refractivity contribution in [2.24, 2.45) is 0 Å². The minimum Gasteiger partial charge on any atom is -0.489 e. The van der Waals surface area contributed by atoms with Crippen molar-refractivity contribution in [1.29, 1.82) is 0 Å². The normalized spacial score (nSPS) is 11.3. The Bertz CT molecular complexity index is 734. The highest BCUT2D eigenvalue weighted by molar-refractivity contribution is 5.91. The van der Waals surface area contributed by atoms with Crippen LogP contribution in [-0.2, 0) is 4.79 Å². The van der Waals surface area contributed by atoms with Gasteiger partial charge in [0.15, 0.2) is 0 Å². The molecule has 0 saturated carbocycles. The van der Waals surface area contributed by atoms with E-state index in [2.05, 4.69) is 10.8 Å². The highest BCUT2D eigenvalue weighted by Crippen LogP contribution is 2.22. The van der Waals surface area contributed by atoms with Crippen LogP contribution >= 0.6 is 0 Å². The lowest BCUT2D eigenvalue weighted by Gasteiger charge is -2.10. The second-order valence-corrected chi connectivity index (χ2v) is 4.65. The number of aromatic carboxylic acids is 1. The molecule has 0 fully saturated rings. The van der Waals surface area contributed by atoms with Crippen molar-refractivity contribution in [3.05, 3.63) is 65.7 Å². The SMILES string of the molecule is C1=Cc2ccccc2OC1.CC(=O)Oc1ccccc1C(=O)O. The van der Waals surface area contributed by atoms with Gasteiger partial charge < -0.3 is 14.6 Å². The number of rotatable bonds is 2. The highest BCUT2D eigenvalue weighted by atomic mass is 16.5. The molecule has 0 aliphatic carbocycles. The van der Waals surface area contributed by atoms with Gasteiger partial charge in [-0.2, -0.15) is 0 Å². The fourth-order valence-electron chi connectivity index (χ4n) is 1.95. The molecule has 5 nitrogen and oxygen atoms in total.